The third kappa shape index (κ3) is 1.76. The summed E-state index contributed by atoms with van der Waals surface area (Å²) in [6, 6.07) is 5.14. The average molecular weight is 267 g/mol. The van der Waals surface area contributed by atoms with Crippen molar-refractivity contribution in [2.45, 2.75) is 19.6 Å². The molecule has 0 radical (unpaired) electrons. The Labute approximate surface area is 108 Å². The number of nitrogens with two attached hydrogens (primary N) is 1. The summed E-state index contributed by atoms with van der Waals surface area (Å²) < 4.78 is 16.3. The fraction of sp³-hybridized carbons (Fsp3) is 0.250. The highest BCUT2D eigenvalue weighted by atomic mass is 35.5. The molecule has 1 aromatic carbocycles. The van der Waals surface area contributed by atoms with Crippen LogP contribution in [0, 0.1) is 0 Å². The summed E-state index contributed by atoms with van der Waals surface area (Å²) >= 11 is 6.16. The predicted molar refractivity (Wildman–Crippen MR) is 66.7 cm³/mol. The van der Waals surface area contributed by atoms with Crippen LogP contribution >= 0.6 is 11.6 Å². The van der Waals surface area contributed by atoms with Crippen molar-refractivity contribution < 1.29 is 14.0 Å². The zero-order valence-corrected chi connectivity index (χ0v) is 10.6. The van der Waals surface area contributed by atoms with Crippen LogP contribution in [0.2, 0.25) is 5.02 Å². The number of hydrogen-bond acceptors (Lipinski definition) is 5. The van der Waals surface area contributed by atoms with Crippen LogP contribution in [0.25, 0.3) is 11.3 Å². The predicted octanol–water partition coefficient (Wildman–Crippen LogP) is 3.08. The molecule has 0 saturated carbocycles. The molecular weight excluding hydrogens is 256 g/mol. The van der Waals surface area contributed by atoms with Gasteiger partial charge in [-0.15, -0.1) is 0 Å². The first kappa shape index (κ1) is 11.2. The lowest BCUT2D eigenvalue weighted by Gasteiger charge is -2.16. The number of nitrogens with zero attached hydrogens (tertiary/aromatic N) is 1. The van der Waals surface area contributed by atoms with Crippen LogP contribution < -0.4 is 15.2 Å². The molecule has 18 heavy (non-hydrogen) atoms. The highest BCUT2D eigenvalue weighted by Gasteiger charge is 2.34. The first-order chi connectivity index (χ1) is 8.44. The van der Waals surface area contributed by atoms with Crippen molar-refractivity contribution in [3.63, 3.8) is 0 Å². The van der Waals surface area contributed by atoms with Gasteiger partial charge in [0.05, 0.1) is 5.02 Å². The highest BCUT2D eigenvalue weighted by Crippen LogP contribution is 2.46. The maximum atomic E-state index is 6.16. The lowest BCUT2D eigenvalue weighted by molar-refractivity contribution is -0.0431. The van der Waals surface area contributed by atoms with Gasteiger partial charge in [-0.25, -0.2) is 0 Å². The first-order valence-electron chi connectivity index (χ1n) is 5.39. The van der Waals surface area contributed by atoms with Crippen molar-refractivity contribution >= 4 is 17.4 Å². The molecule has 0 amide bonds. The molecular formula is C12H11ClN2O3. The molecule has 0 bridgehead atoms. The zero-order chi connectivity index (χ0) is 12.9. The van der Waals surface area contributed by atoms with E-state index in [1.807, 2.05) is 13.8 Å². The van der Waals surface area contributed by atoms with E-state index in [4.69, 9.17) is 31.3 Å². The lowest BCUT2D eigenvalue weighted by atomic mass is 10.1. The summed E-state index contributed by atoms with van der Waals surface area (Å²) in [7, 11) is 0. The van der Waals surface area contributed by atoms with E-state index in [9.17, 15) is 0 Å². The first-order valence-corrected chi connectivity index (χ1v) is 5.76. The third-order valence-corrected chi connectivity index (χ3v) is 2.81. The van der Waals surface area contributed by atoms with Crippen LogP contribution in [-0.4, -0.2) is 10.9 Å². The molecule has 94 valence electrons. The van der Waals surface area contributed by atoms with Crippen LogP contribution in [-0.2, 0) is 0 Å². The molecule has 0 unspecified atom stereocenters. The Morgan fingerprint density at radius 1 is 1.22 bits per heavy atom. The molecule has 1 aromatic heterocycles. The largest absolute Gasteiger partial charge is 0.449 e. The minimum Gasteiger partial charge on any atom is -0.449 e. The molecule has 6 heteroatoms. The van der Waals surface area contributed by atoms with Gasteiger partial charge in [-0.1, -0.05) is 16.8 Å². The number of aromatic nitrogens is 1. The van der Waals surface area contributed by atoms with Crippen molar-refractivity contribution in [1.29, 1.82) is 0 Å². The second kappa shape index (κ2) is 3.55. The second-order valence-electron chi connectivity index (χ2n) is 4.51. The van der Waals surface area contributed by atoms with E-state index in [0.29, 0.717) is 28.1 Å². The number of rotatable bonds is 1. The van der Waals surface area contributed by atoms with Crippen molar-refractivity contribution in [1.82, 2.24) is 5.16 Å². The Hall–Kier alpha value is -1.88. The molecule has 1 aliphatic rings. The summed E-state index contributed by atoms with van der Waals surface area (Å²) in [5, 5.41) is 4.09. The fourth-order valence-electron chi connectivity index (χ4n) is 1.84. The van der Waals surface area contributed by atoms with Gasteiger partial charge in [0, 0.05) is 25.5 Å². The molecule has 5 nitrogen and oxygen atoms in total. The number of ether oxygens (including phenoxy) is 2. The second-order valence-corrected chi connectivity index (χ2v) is 4.91. The minimum absolute atomic E-state index is 0.319. The number of halogens is 1. The maximum Gasteiger partial charge on any atom is 0.246 e. The molecule has 2 aromatic rings. The maximum absolute atomic E-state index is 6.16. The van der Waals surface area contributed by atoms with Crippen molar-refractivity contribution in [3.8, 4) is 22.8 Å². The summed E-state index contributed by atoms with van der Waals surface area (Å²) in [6.45, 7) is 3.63. The monoisotopic (exact) mass is 266 g/mol. The van der Waals surface area contributed by atoms with Crippen LogP contribution in [0.15, 0.2) is 22.7 Å². The van der Waals surface area contributed by atoms with Gasteiger partial charge in [-0.05, 0) is 12.1 Å². The molecule has 0 fully saturated rings. The van der Waals surface area contributed by atoms with Crippen LogP contribution in [0.3, 0.4) is 0 Å². The van der Waals surface area contributed by atoms with Crippen molar-refractivity contribution in [2.24, 2.45) is 0 Å². The standard InChI is InChI=1S/C12H11ClN2O3/c1-12(2)16-9-4-6(3-7(13)11(9)17-12)8-5-10(14)15-18-8/h3-5H,1-2H3,(H2,14,15). The van der Waals surface area contributed by atoms with E-state index in [1.165, 1.54) is 0 Å². The average Bonchev–Trinajstić information content (AvgIpc) is 2.81. The van der Waals surface area contributed by atoms with Gasteiger partial charge >= 0.3 is 0 Å². The molecule has 1 aliphatic heterocycles. The topological polar surface area (TPSA) is 70.5 Å². The number of benzene rings is 1. The van der Waals surface area contributed by atoms with E-state index >= 15 is 0 Å². The summed E-state index contributed by atoms with van der Waals surface area (Å²) in [5.41, 5.74) is 6.26. The summed E-state index contributed by atoms with van der Waals surface area (Å²) in [6.07, 6.45) is 0. The molecule has 0 spiro atoms. The number of fused-ring (bicyclic) bond motifs is 1. The number of anilines is 1. The minimum atomic E-state index is -0.717. The van der Waals surface area contributed by atoms with E-state index in [0.717, 1.165) is 5.56 Å². The van der Waals surface area contributed by atoms with E-state index in [2.05, 4.69) is 5.16 Å². The van der Waals surface area contributed by atoms with Gasteiger partial charge in [0.15, 0.2) is 23.1 Å². The Bertz CT molecular complexity index is 622. The lowest BCUT2D eigenvalue weighted by Crippen LogP contribution is -2.29. The third-order valence-electron chi connectivity index (χ3n) is 2.53. The van der Waals surface area contributed by atoms with Crippen LogP contribution in [0.4, 0.5) is 5.82 Å². The van der Waals surface area contributed by atoms with Crippen molar-refractivity contribution in [3.05, 3.63) is 23.2 Å². The number of nitrogen functional groups attached to an aromatic ring is 1. The van der Waals surface area contributed by atoms with Gasteiger partial charge in [-0.3, -0.25) is 0 Å². The zero-order valence-electron chi connectivity index (χ0n) is 9.86. The molecule has 0 saturated heterocycles. The Morgan fingerprint density at radius 3 is 2.67 bits per heavy atom. The van der Waals surface area contributed by atoms with Gasteiger partial charge in [0.1, 0.15) is 0 Å². The molecule has 2 N–H and O–H groups in total. The van der Waals surface area contributed by atoms with Crippen LogP contribution in [0.5, 0.6) is 11.5 Å². The van der Waals surface area contributed by atoms with Gasteiger partial charge < -0.3 is 19.7 Å². The molecule has 0 atom stereocenters. The van der Waals surface area contributed by atoms with Crippen molar-refractivity contribution in [2.75, 3.05) is 5.73 Å². The summed E-state index contributed by atoms with van der Waals surface area (Å²) in [4.78, 5) is 0. The Morgan fingerprint density at radius 2 is 2.00 bits per heavy atom. The van der Waals surface area contributed by atoms with Crippen LogP contribution in [0.1, 0.15) is 13.8 Å². The van der Waals surface area contributed by atoms with Gasteiger partial charge in [-0.2, -0.15) is 0 Å². The Balaban J connectivity index is 2.09. The smallest absolute Gasteiger partial charge is 0.246 e. The highest BCUT2D eigenvalue weighted by molar-refractivity contribution is 6.32. The quantitative estimate of drug-likeness (QED) is 0.859. The van der Waals surface area contributed by atoms with E-state index in [1.54, 1.807) is 18.2 Å². The molecule has 3 rings (SSSR count). The van der Waals surface area contributed by atoms with E-state index < -0.39 is 5.79 Å². The normalized spacial score (nSPS) is 15.9. The Kier molecular flexibility index (Phi) is 2.22. The molecule has 0 aliphatic carbocycles. The SMILES string of the molecule is CC1(C)Oc2cc(-c3cc(N)no3)cc(Cl)c2O1. The van der Waals surface area contributed by atoms with E-state index in [-0.39, 0.29) is 0 Å². The molecule has 2 heterocycles. The summed E-state index contributed by atoms with van der Waals surface area (Å²) in [5.74, 6) is 1.25. The van der Waals surface area contributed by atoms with Gasteiger partial charge in [0.25, 0.3) is 0 Å². The van der Waals surface area contributed by atoms with Gasteiger partial charge in [0.2, 0.25) is 5.79 Å². The number of hydrogen-bond donors (Lipinski definition) is 1. The fourth-order valence-corrected chi connectivity index (χ4v) is 2.09.